The third-order valence-corrected chi connectivity index (χ3v) is 2.86. The Morgan fingerprint density at radius 3 is 1.05 bits per heavy atom. The molecule has 108 valence electrons. The normalized spacial score (nSPS) is 10.8. The second kappa shape index (κ2) is 10.9. The molecule has 5 heteroatoms. The average Bonchev–Trinajstić information content (AvgIpc) is 2.17. The van der Waals surface area contributed by atoms with Crippen molar-refractivity contribution in [2.24, 2.45) is 10.8 Å². The van der Waals surface area contributed by atoms with Crippen LogP contribution < -0.4 is 10.2 Å². The molecule has 0 rings (SSSR count). The van der Waals surface area contributed by atoms with Gasteiger partial charge in [0.1, 0.15) is 0 Å². The zero-order valence-corrected chi connectivity index (χ0v) is 15.4. The summed E-state index contributed by atoms with van der Waals surface area (Å²) >= 11 is 0. The Labute approximate surface area is 147 Å². The van der Waals surface area contributed by atoms with Crippen LogP contribution in [0.15, 0.2) is 0 Å². The first-order chi connectivity index (χ1) is 8.01. The number of carbonyl (C=O) groups is 2. The molecule has 0 bridgehead atoms. The Hall–Kier alpha value is 0.200. The fourth-order valence-electron chi connectivity index (χ4n) is 1.45. The molecular formula is C14H26CaO4. The summed E-state index contributed by atoms with van der Waals surface area (Å²) in [6.45, 7) is 10.7. The molecule has 0 aromatic carbocycles. The first kappa shape index (κ1) is 24.2. The molecule has 0 atom stereocenters. The van der Waals surface area contributed by atoms with Crippen molar-refractivity contribution in [3.8, 4) is 0 Å². The Kier molecular flexibility index (Phi) is 13.9. The first-order valence-corrected chi connectivity index (χ1v) is 6.44. The molecule has 0 saturated carbocycles. The molecule has 0 N–H and O–H groups in total. The van der Waals surface area contributed by atoms with E-state index in [2.05, 4.69) is 0 Å². The van der Waals surface area contributed by atoms with Gasteiger partial charge in [-0.3, -0.25) is 0 Å². The van der Waals surface area contributed by atoms with Gasteiger partial charge in [-0.15, -0.1) is 0 Å². The van der Waals surface area contributed by atoms with Gasteiger partial charge in [-0.2, -0.15) is 0 Å². The van der Waals surface area contributed by atoms with Crippen molar-refractivity contribution in [2.45, 2.75) is 67.2 Å². The predicted molar refractivity (Wildman–Crippen MR) is 73.1 cm³/mol. The van der Waals surface area contributed by atoms with Gasteiger partial charge >= 0.3 is 37.7 Å². The van der Waals surface area contributed by atoms with E-state index in [4.69, 9.17) is 0 Å². The summed E-state index contributed by atoms with van der Waals surface area (Å²) < 4.78 is 0. The minimum atomic E-state index is -0.954. The van der Waals surface area contributed by atoms with Crippen LogP contribution in [0, 0.1) is 10.8 Å². The van der Waals surface area contributed by atoms with Gasteiger partial charge in [0, 0.05) is 22.8 Å². The maximum atomic E-state index is 10.3. The van der Waals surface area contributed by atoms with E-state index in [-0.39, 0.29) is 37.7 Å². The number of aliphatic carboxylic acids is 2. The van der Waals surface area contributed by atoms with Gasteiger partial charge in [0.2, 0.25) is 0 Å². The van der Waals surface area contributed by atoms with Gasteiger partial charge in [-0.25, -0.2) is 0 Å². The van der Waals surface area contributed by atoms with Crippen LogP contribution in [0.1, 0.15) is 67.2 Å². The Balaban J connectivity index is -0.000000256. The Morgan fingerprint density at radius 2 is 1.00 bits per heavy atom. The minimum Gasteiger partial charge on any atom is -0.550 e. The van der Waals surface area contributed by atoms with E-state index in [0.29, 0.717) is 12.8 Å². The van der Waals surface area contributed by atoms with Gasteiger partial charge in [0.25, 0.3) is 0 Å². The minimum absolute atomic E-state index is 0. The molecule has 0 aliphatic heterocycles. The third-order valence-electron chi connectivity index (χ3n) is 2.86. The Morgan fingerprint density at radius 1 is 0.789 bits per heavy atom. The number of carbonyl (C=O) groups excluding carboxylic acids is 2. The number of rotatable bonds is 6. The van der Waals surface area contributed by atoms with Crippen LogP contribution in [0.25, 0.3) is 0 Å². The molecule has 0 aromatic rings. The fraction of sp³-hybridized carbons (Fsp3) is 0.857. The van der Waals surface area contributed by atoms with Crippen molar-refractivity contribution in [3.05, 3.63) is 0 Å². The predicted octanol–water partition coefficient (Wildman–Crippen LogP) is 0.744. The van der Waals surface area contributed by atoms with Crippen LogP contribution in [0.4, 0.5) is 0 Å². The number of carboxylic acids is 2. The van der Waals surface area contributed by atoms with Gasteiger partial charge in [-0.1, -0.05) is 54.4 Å². The summed E-state index contributed by atoms with van der Waals surface area (Å²) in [6.07, 6.45) is 3.16. The summed E-state index contributed by atoms with van der Waals surface area (Å²) in [5, 5.41) is 20.6. The molecule has 0 heterocycles. The van der Waals surface area contributed by atoms with Crippen molar-refractivity contribution >= 4 is 49.7 Å². The topological polar surface area (TPSA) is 80.3 Å². The number of carboxylic acid groups (broad SMARTS) is 2. The largest absolute Gasteiger partial charge is 2.00 e. The van der Waals surface area contributed by atoms with Gasteiger partial charge in [0.05, 0.1) is 0 Å². The van der Waals surface area contributed by atoms with Crippen molar-refractivity contribution in [3.63, 3.8) is 0 Å². The van der Waals surface area contributed by atoms with Gasteiger partial charge < -0.3 is 19.8 Å². The van der Waals surface area contributed by atoms with Crippen LogP contribution in [0.5, 0.6) is 0 Å². The second-order valence-electron chi connectivity index (χ2n) is 5.84. The molecule has 0 spiro atoms. The van der Waals surface area contributed by atoms with E-state index >= 15 is 0 Å². The standard InChI is InChI=1S/2C7H14O2.Ca/c2*1-4-5-7(2,3)6(8)9;/h2*4-5H2,1-3H3,(H,8,9);/q;;+2/p-2. The molecule has 0 radical (unpaired) electrons. The molecule has 4 nitrogen and oxygen atoms in total. The number of hydrogen-bond acceptors (Lipinski definition) is 4. The zero-order chi connectivity index (χ0) is 15.0. The van der Waals surface area contributed by atoms with Gasteiger partial charge in [-0.05, 0) is 12.8 Å². The second-order valence-corrected chi connectivity index (χ2v) is 5.84. The monoisotopic (exact) mass is 298 g/mol. The SMILES string of the molecule is CCCC(C)(C)C(=O)[O-].CCCC(C)(C)C(=O)[O-].[Ca+2]. The summed E-state index contributed by atoms with van der Waals surface area (Å²) in [7, 11) is 0. The van der Waals surface area contributed by atoms with Crippen LogP contribution >= 0.6 is 0 Å². The van der Waals surface area contributed by atoms with Crippen LogP contribution in [-0.2, 0) is 9.59 Å². The summed E-state index contributed by atoms with van der Waals surface area (Å²) in [5.74, 6) is -1.91. The molecule has 0 aromatic heterocycles. The Bertz CT molecular complexity index is 245. The smallest absolute Gasteiger partial charge is 0.550 e. The number of hydrogen-bond donors (Lipinski definition) is 0. The molecule has 0 aliphatic carbocycles. The van der Waals surface area contributed by atoms with Crippen molar-refractivity contribution in [2.75, 3.05) is 0 Å². The van der Waals surface area contributed by atoms with E-state index in [1.807, 2.05) is 13.8 Å². The summed E-state index contributed by atoms with van der Waals surface area (Å²) in [6, 6.07) is 0. The van der Waals surface area contributed by atoms with E-state index < -0.39 is 22.8 Å². The van der Waals surface area contributed by atoms with E-state index in [0.717, 1.165) is 12.8 Å². The average molecular weight is 298 g/mol. The molecule has 0 aliphatic rings. The van der Waals surface area contributed by atoms with Crippen molar-refractivity contribution in [1.29, 1.82) is 0 Å². The van der Waals surface area contributed by atoms with Gasteiger partial charge in [0.15, 0.2) is 0 Å². The summed E-state index contributed by atoms with van der Waals surface area (Å²) in [4.78, 5) is 20.6. The van der Waals surface area contributed by atoms with E-state index in [9.17, 15) is 19.8 Å². The third kappa shape index (κ3) is 11.7. The van der Waals surface area contributed by atoms with E-state index in [1.165, 1.54) is 0 Å². The van der Waals surface area contributed by atoms with Crippen molar-refractivity contribution in [1.82, 2.24) is 0 Å². The summed E-state index contributed by atoms with van der Waals surface area (Å²) in [5.41, 5.74) is -1.29. The molecule has 0 amide bonds. The van der Waals surface area contributed by atoms with Crippen molar-refractivity contribution < 1.29 is 19.8 Å². The maximum absolute atomic E-state index is 10.3. The maximum Gasteiger partial charge on any atom is 2.00 e. The quantitative estimate of drug-likeness (QED) is 0.678. The van der Waals surface area contributed by atoms with Crippen LogP contribution in [0.2, 0.25) is 0 Å². The molecule has 19 heavy (non-hydrogen) atoms. The first-order valence-electron chi connectivity index (χ1n) is 6.44. The van der Waals surface area contributed by atoms with E-state index in [1.54, 1.807) is 27.7 Å². The molecular weight excluding hydrogens is 272 g/mol. The van der Waals surface area contributed by atoms with Crippen LogP contribution in [-0.4, -0.2) is 49.7 Å². The van der Waals surface area contributed by atoms with Crippen LogP contribution in [0.3, 0.4) is 0 Å². The molecule has 0 saturated heterocycles. The fourth-order valence-corrected chi connectivity index (χ4v) is 1.45. The molecule has 0 fully saturated rings. The zero-order valence-electron chi connectivity index (χ0n) is 13.2. The molecule has 0 unspecified atom stereocenters.